The Labute approximate surface area is 173 Å². The summed E-state index contributed by atoms with van der Waals surface area (Å²) in [5.74, 6) is 1.35. The van der Waals surface area contributed by atoms with Crippen LogP contribution in [-0.2, 0) is 0 Å². The lowest BCUT2D eigenvalue weighted by Crippen LogP contribution is -2.27. The number of phenolic OH excluding ortho intramolecular Hbond substituents is 1. The van der Waals surface area contributed by atoms with Crippen LogP contribution in [0.2, 0.25) is 0 Å². The van der Waals surface area contributed by atoms with Gasteiger partial charge in [-0.2, -0.15) is 0 Å². The molecule has 1 aliphatic heterocycles. The fraction of sp³-hybridized carbons (Fsp3) is 0.375. The number of benzene rings is 1. The monoisotopic (exact) mass is 396 g/mol. The summed E-state index contributed by atoms with van der Waals surface area (Å²) in [4.78, 5) is 4.03. The van der Waals surface area contributed by atoms with Crippen LogP contribution in [0.4, 0.5) is 5.69 Å². The third kappa shape index (κ3) is 5.53. The van der Waals surface area contributed by atoms with E-state index in [2.05, 4.69) is 23.8 Å². The zero-order valence-electron chi connectivity index (χ0n) is 17.8. The van der Waals surface area contributed by atoms with Gasteiger partial charge in [-0.1, -0.05) is 19.6 Å². The van der Waals surface area contributed by atoms with Gasteiger partial charge in [-0.05, 0) is 56.6 Å². The van der Waals surface area contributed by atoms with Crippen molar-refractivity contribution in [3.8, 4) is 11.5 Å². The minimum Gasteiger partial charge on any atom is -0.513 e. The molecule has 2 rings (SSSR count). The van der Waals surface area contributed by atoms with Gasteiger partial charge >= 0.3 is 0 Å². The molecule has 0 bridgehead atoms. The maximum absolute atomic E-state index is 10.4. The number of hydrogen-bond donors (Lipinski definition) is 3. The van der Waals surface area contributed by atoms with E-state index in [1.165, 1.54) is 0 Å². The molecule has 0 aliphatic carbocycles. The van der Waals surface area contributed by atoms with Gasteiger partial charge < -0.3 is 20.3 Å². The van der Waals surface area contributed by atoms with Gasteiger partial charge in [-0.25, -0.2) is 0 Å². The molecule has 0 amide bonds. The van der Waals surface area contributed by atoms with E-state index in [1.807, 2.05) is 38.1 Å². The third-order valence-corrected chi connectivity index (χ3v) is 5.12. The van der Waals surface area contributed by atoms with Gasteiger partial charge in [0.1, 0.15) is 11.5 Å². The van der Waals surface area contributed by atoms with Crippen LogP contribution in [0.25, 0.3) is 0 Å². The lowest BCUT2D eigenvalue weighted by atomic mass is 9.75. The Morgan fingerprint density at radius 3 is 2.76 bits per heavy atom. The molecule has 0 radical (unpaired) electrons. The van der Waals surface area contributed by atoms with Gasteiger partial charge in [-0.3, -0.25) is 4.99 Å². The van der Waals surface area contributed by atoms with Crippen LogP contribution in [0.3, 0.4) is 0 Å². The second kappa shape index (κ2) is 10.6. The SMILES string of the molecule is C=C/C(C)=C(\C=C(/C)O)[C@@H]1c2cc(NC/C=C\N=C/C)c(O)cc2OCC1CC. The van der Waals surface area contributed by atoms with Gasteiger partial charge in [0, 0.05) is 42.4 Å². The summed E-state index contributed by atoms with van der Waals surface area (Å²) in [6.07, 6.45) is 9.86. The molecule has 2 atom stereocenters. The zero-order chi connectivity index (χ0) is 21.4. The highest BCUT2D eigenvalue weighted by molar-refractivity contribution is 5.64. The Hall–Kier alpha value is -2.95. The van der Waals surface area contributed by atoms with Crippen molar-refractivity contribution >= 4 is 11.9 Å². The molecule has 156 valence electrons. The van der Waals surface area contributed by atoms with Gasteiger partial charge in [0.25, 0.3) is 0 Å². The molecule has 0 aromatic heterocycles. The van der Waals surface area contributed by atoms with Crippen molar-refractivity contribution in [2.24, 2.45) is 10.9 Å². The van der Waals surface area contributed by atoms with E-state index in [0.29, 0.717) is 24.6 Å². The van der Waals surface area contributed by atoms with Gasteiger partial charge in [0.2, 0.25) is 0 Å². The average Bonchev–Trinajstić information content (AvgIpc) is 2.70. The zero-order valence-corrected chi connectivity index (χ0v) is 17.8. The molecule has 5 heteroatoms. The van der Waals surface area contributed by atoms with E-state index in [0.717, 1.165) is 23.1 Å². The molecule has 0 spiro atoms. The molecule has 1 unspecified atom stereocenters. The van der Waals surface area contributed by atoms with Crippen molar-refractivity contribution in [2.75, 3.05) is 18.5 Å². The number of ether oxygens (including phenoxy) is 1. The molecular formula is C24H32N2O3. The van der Waals surface area contributed by atoms with E-state index in [1.54, 1.807) is 25.4 Å². The topological polar surface area (TPSA) is 74.1 Å². The second-order valence-electron chi connectivity index (χ2n) is 7.17. The molecule has 1 aromatic carbocycles. The maximum Gasteiger partial charge on any atom is 0.142 e. The molecule has 1 heterocycles. The summed E-state index contributed by atoms with van der Waals surface area (Å²) in [7, 11) is 0. The van der Waals surface area contributed by atoms with Crippen LogP contribution >= 0.6 is 0 Å². The Balaban J connectivity index is 2.52. The maximum atomic E-state index is 10.4. The highest BCUT2D eigenvalue weighted by atomic mass is 16.5. The van der Waals surface area contributed by atoms with Crippen LogP contribution in [0.15, 0.2) is 65.0 Å². The summed E-state index contributed by atoms with van der Waals surface area (Å²) in [6.45, 7) is 12.7. The summed E-state index contributed by atoms with van der Waals surface area (Å²) < 4.78 is 5.97. The van der Waals surface area contributed by atoms with Crippen molar-refractivity contribution < 1.29 is 14.9 Å². The van der Waals surface area contributed by atoms with Crippen molar-refractivity contribution in [1.82, 2.24) is 0 Å². The molecule has 1 aromatic rings. The van der Waals surface area contributed by atoms with E-state index in [9.17, 15) is 10.2 Å². The fourth-order valence-electron chi connectivity index (χ4n) is 3.58. The van der Waals surface area contributed by atoms with Gasteiger partial charge in [-0.15, -0.1) is 0 Å². The first kappa shape index (κ1) is 22.3. The van der Waals surface area contributed by atoms with Crippen molar-refractivity contribution in [2.45, 2.75) is 40.0 Å². The Bertz CT molecular complexity index is 846. The number of aliphatic hydroxyl groups is 1. The highest BCUT2D eigenvalue weighted by Crippen LogP contribution is 2.47. The molecule has 3 N–H and O–H groups in total. The Morgan fingerprint density at radius 2 is 2.14 bits per heavy atom. The van der Waals surface area contributed by atoms with Crippen molar-refractivity contribution in [1.29, 1.82) is 0 Å². The van der Waals surface area contributed by atoms with Gasteiger partial charge in [0.15, 0.2) is 0 Å². The number of nitrogens with zero attached hydrogens (tertiary/aromatic N) is 1. The molecule has 5 nitrogen and oxygen atoms in total. The van der Waals surface area contributed by atoms with Crippen LogP contribution in [0.5, 0.6) is 11.5 Å². The molecule has 0 saturated heterocycles. The first-order valence-corrected chi connectivity index (χ1v) is 9.99. The number of anilines is 1. The van der Waals surface area contributed by atoms with Crippen LogP contribution in [-0.4, -0.2) is 29.6 Å². The first-order chi connectivity index (χ1) is 13.9. The standard InChI is InChI=1S/C24H32N2O3/c1-6-16(4)19(12-17(5)27)24-18(7-2)15-29-23-14-22(28)21(13-20(23)24)26-11-9-10-25-8-3/h6,8-10,12-14,18,24,26-28H,1,7,11,15H2,2-5H3/b10-9-,17-12+,19-16+,25-8-/t18?,24-/m1/s1. The number of phenols is 1. The normalized spacial score (nSPS) is 20.3. The van der Waals surface area contributed by atoms with Crippen molar-refractivity contribution in [3.63, 3.8) is 0 Å². The van der Waals surface area contributed by atoms with Crippen molar-refractivity contribution in [3.05, 3.63) is 65.6 Å². The second-order valence-corrected chi connectivity index (χ2v) is 7.17. The third-order valence-electron chi connectivity index (χ3n) is 5.12. The Morgan fingerprint density at radius 1 is 1.38 bits per heavy atom. The lowest BCUT2D eigenvalue weighted by Gasteiger charge is -2.35. The minimum atomic E-state index is 0.0326. The molecule has 1 aliphatic rings. The van der Waals surface area contributed by atoms with Crippen LogP contribution < -0.4 is 10.1 Å². The number of nitrogens with one attached hydrogen (secondary N) is 1. The highest BCUT2D eigenvalue weighted by Gasteiger charge is 2.33. The summed E-state index contributed by atoms with van der Waals surface area (Å²) >= 11 is 0. The van der Waals surface area contributed by atoms with Crippen LogP contribution in [0, 0.1) is 5.92 Å². The molecule has 0 saturated carbocycles. The summed E-state index contributed by atoms with van der Waals surface area (Å²) in [5.41, 5.74) is 3.66. The first-order valence-electron chi connectivity index (χ1n) is 9.99. The predicted molar refractivity (Wildman–Crippen MR) is 121 cm³/mol. The number of aliphatic hydroxyl groups excluding tert-OH is 1. The van der Waals surface area contributed by atoms with E-state index in [4.69, 9.17) is 4.74 Å². The lowest BCUT2D eigenvalue weighted by molar-refractivity contribution is 0.200. The quantitative estimate of drug-likeness (QED) is 0.222. The van der Waals surface area contributed by atoms with E-state index in [-0.39, 0.29) is 23.3 Å². The fourth-order valence-corrected chi connectivity index (χ4v) is 3.58. The number of allylic oxidation sites excluding steroid dienone is 5. The predicted octanol–water partition coefficient (Wildman–Crippen LogP) is 5.88. The number of aliphatic imine (C=N–C) groups is 1. The van der Waals surface area contributed by atoms with Gasteiger partial charge in [0.05, 0.1) is 18.1 Å². The minimum absolute atomic E-state index is 0.0326. The number of fused-ring (bicyclic) bond motifs is 1. The number of rotatable bonds is 8. The smallest absolute Gasteiger partial charge is 0.142 e. The van der Waals surface area contributed by atoms with Crippen LogP contribution in [0.1, 0.15) is 45.6 Å². The average molecular weight is 397 g/mol. The van der Waals surface area contributed by atoms with E-state index >= 15 is 0 Å². The summed E-state index contributed by atoms with van der Waals surface area (Å²) in [5, 5.41) is 23.7. The molecular weight excluding hydrogens is 364 g/mol. The molecule has 29 heavy (non-hydrogen) atoms. The molecule has 0 fully saturated rings. The number of hydrogen-bond acceptors (Lipinski definition) is 5. The van der Waals surface area contributed by atoms with E-state index < -0.39 is 0 Å². The number of aromatic hydroxyl groups is 1. The Kier molecular flexibility index (Phi) is 8.13. The largest absolute Gasteiger partial charge is 0.513 e. The summed E-state index contributed by atoms with van der Waals surface area (Å²) in [6, 6.07) is 3.62.